The number of amidine groups is 1. The van der Waals surface area contributed by atoms with Gasteiger partial charge in [-0.25, -0.2) is 0 Å². The molecule has 108 valence electrons. The van der Waals surface area contributed by atoms with Crippen molar-refractivity contribution in [3.05, 3.63) is 45.5 Å². The summed E-state index contributed by atoms with van der Waals surface area (Å²) in [5.74, 6) is -0.274. The average Bonchev–Trinajstić information content (AvgIpc) is 3.04. The van der Waals surface area contributed by atoms with Gasteiger partial charge in [0.15, 0.2) is 5.17 Å². The molecule has 0 unspecified atom stereocenters. The average molecular weight is 304 g/mol. The molecule has 3 rings (SSSR count). The molecule has 0 aliphatic carbocycles. The normalized spacial score (nSPS) is 16.3. The predicted molar refractivity (Wildman–Crippen MR) is 81.0 cm³/mol. The fourth-order valence-electron chi connectivity index (χ4n) is 2.21. The van der Waals surface area contributed by atoms with Crippen LogP contribution in [-0.4, -0.2) is 34.0 Å². The van der Waals surface area contributed by atoms with Crippen molar-refractivity contribution in [1.82, 2.24) is 4.90 Å². The molecule has 0 saturated heterocycles. The van der Waals surface area contributed by atoms with E-state index in [2.05, 4.69) is 10.3 Å². The van der Waals surface area contributed by atoms with E-state index < -0.39 is 4.92 Å². The van der Waals surface area contributed by atoms with Crippen LogP contribution in [0.1, 0.15) is 6.42 Å². The third kappa shape index (κ3) is 2.75. The Bertz CT molecular complexity index is 671. The number of aliphatic imine (C=N–C) groups is 1. The molecule has 0 fully saturated rings. The molecule has 8 heteroatoms. The molecule has 1 aromatic rings. The van der Waals surface area contributed by atoms with Crippen LogP contribution in [0.25, 0.3) is 0 Å². The van der Waals surface area contributed by atoms with Crippen LogP contribution in [0, 0.1) is 10.1 Å². The lowest BCUT2D eigenvalue weighted by atomic mass is 10.2. The van der Waals surface area contributed by atoms with Crippen molar-refractivity contribution in [2.75, 3.05) is 18.4 Å². The Morgan fingerprint density at radius 3 is 3.10 bits per heavy atom. The first kappa shape index (κ1) is 13.6. The molecule has 0 aromatic heterocycles. The maximum absolute atomic E-state index is 12.1. The second-order valence-corrected chi connectivity index (χ2v) is 5.38. The van der Waals surface area contributed by atoms with Gasteiger partial charge in [0.1, 0.15) is 5.69 Å². The summed E-state index contributed by atoms with van der Waals surface area (Å²) < 4.78 is 0. The summed E-state index contributed by atoms with van der Waals surface area (Å²) in [6, 6.07) is 6.11. The topological polar surface area (TPSA) is 87.8 Å². The first-order valence-corrected chi connectivity index (χ1v) is 7.24. The maximum Gasteiger partial charge on any atom is 0.292 e. The molecule has 0 radical (unpaired) electrons. The second-order valence-electron chi connectivity index (χ2n) is 4.54. The van der Waals surface area contributed by atoms with Crippen molar-refractivity contribution in [1.29, 1.82) is 0 Å². The fraction of sp³-hybridized carbons (Fsp3) is 0.231. The Morgan fingerprint density at radius 1 is 1.48 bits per heavy atom. The lowest BCUT2D eigenvalue weighted by Gasteiger charge is -2.16. The molecule has 1 aromatic carbocycles. The number of amides is 1. The minimum absolute atomic E-state index is 0.107. The lowest BCUT2D eigenvalue weighted by Crippen LogP contribution is -2.24. The summed E-state index contributed by atoms with van der Waals surface area (Å²) in [5.41, 5.74) is 0.991. The van der Waals surface area contributed by atoms with Crippen LogP contribution in [0.4, 0.5) is 11.4 Å². The summed E-state index contributed by atoms with van der Waals surface area (Å²) in [6.45, 7) is 1.53. The summed E-state index contributed by atoms with van der Waals surface area (Å²) in [7, 11) is 0. The first-order chi connectivity index (χ1) is 10.1. The Hall–Kier alpha value is -2.35. The highest BCUT2D eigenvalue weighted by atomic mass is 32.2. The molecule has 1 amide bonds. The van der Waals surface area contributed by atoms with Crippen LogP contribution in [0.3, 0.4) is 0 Å². The number of rotatable bonds is 4. The zero-order valence-corrected chi connectivity index (χ0v) is 11.8. The molecule has 0 bridgehead atoms. The van der Waals surface area contributed by atoms with Gasteiger partial charge in [-0.05, 0) is 11.5 Å². The minimum Gasteiger partial charge on any atom is -0.322 e. The Labute approximate surface area is 124 Å². The third-order valence-corrected chi connectivity index (χ3v) is 4.12. The van der Waals surface area contributed by atoms with E-state index in [0.717, 1.165) is 24.0 Å². The second kappa shape index (κ2) is 5.57. The van der Waals surface area contributed by atoms with Crippen LogP contribution in [0.15, 0.2) is 40.4 Å². The van der Waals surface area contributed by atoms with Crippen LogP contribution >= 0.6 is 11.8 Å². The molecule has 0 spiro atoms. The number of thioether (sulfide) groups is 1. The molecule has 2 aliphatic heterocycles. The van der Waals surface area contributed by atoms with Gasteiger partial charge in [-0.2, -0.15) is 0 Å². The van der Waals surface area contributed by atoms with Crippen molar-refractivity contribution in [3.8, 4) is 0 Å². The molecule has 7 nitrogen and oxygen atoms in total. The van der Waals surface area contributed by atoms with Gasteiger partial charge in [-0.1, -0.05) is 23.9 Å². The number of nitro groups is 1. The highest BCUT2D eigenvalue weighted by Crippen LogP contribution is 2.31. The third-order valence-electron chi connectivity index (χ3n) is 3.17. The summed E-state index contributed by atoms with van der Waals surface area (Å²) >= 11 is 1.50. The molecule has 0 atom stereocenters. The zero-order chi connectivity index (χ0) is 14.8. The van der Waals surface area contributed by atoms with Crippen molar-refractivity contribution < 1.29 is 9.72 Å². The number of hydrogen-bond donors (Lipinski definition) is 1. The summed E-state index contributed by atoms with van der Waals surface area (Å²) in [5, 5.41) is 16.3. The highest BCUT2D eigenvalue weighted by Gasteiger charge is 2.27. The van der Waals surface area contributed by atoms with Crippen molar-refractivity contribution >= 4 is 34.2 Å². The van der Waals surface area contributed by atoms with Crippen LogP contribution in [0.5, 0.6) is 0 Å². The van der Waals surface area contributed by atoms with Crippen LogP contribution in [-0.2, 0) is 4.79 Å². The van der Waals surface area contributed by atoms with Gasteiger partial charge in [-0.3, -0.25) is 19.9 Å². The van der Waals surface area contributed by atoms with Gasteiger partial charge < -0.3 is 10.2 Å². The maximum atomic E-state index is 12.1. The number of hydrogen-bond acceptors (Lipinski definition) is 6. The lowest BCUT2D eigenvalue weighted by molar-refractivity contribution is -0.383. The van der Waals surface area contributed by atoms with E-state index >= 15 is 0 Å². The Balaban J connectivity index is 1.68. The smallest absolute Gasteiger partial charge is 0.292 e. The standard InChI is InChI=1S/C13H12N4O3S/c18-12(7-9-8-21-13-14-5-6-16(9)13)15-10-3-1-2-4-11(10)17(19)20/h1-4,8H,5-7H2,(H,15,18). The van der Waals surface area contributed by atoms with E-state index in [1.807, 2.05) is 10.3 Å². The van der Waals surface area contributed by atoms with Crippen molar-refractivity contribution in [2.24, 2.45) is 4.99 Å². The van der Waals surface area contributed by atoms with E-state index in [4.69, 9.17) is 0 Å². The number of anilines is 1. The molecule has 1 N–H and O–H groups in total. The number of nitrogens with zero attached hydrogens (tertiary/aromatic N) is 3. The van der Waals surface area contributed by atoms with E-state index in [1.54, 1.807) is 12.1 Å². The van der Waals surface area contributed by atoms with E-state index in [0.29, 0.717) is 0 Å². The summed E-state index contributed by atoms with van der Waals surface area (Å²) in [6.07, 6.45) is 0.179. The fourth-order valence-corrected chi connectivity index (χ4v) is 3.17. The van der Waals surface area contributed by atoms with Gasteiger partial charge in [0.2, 0.25) is 5.91 Å². The molecular weight excluding hydrogens is 292 g/mol. The number of nitrogens with one attached hydrogen (secondary N) is 1. The van der Waals surface area contributed by atoms with Crippen molar-refractivity contribution in [3.63, 3.8) is 0 Å². The summed E-state index contributed by atoms with van der Waals surface area (Å²) in [4.78, 5) is 28.8. The number of benzene rings is 1. The van der Waals surface area contributed by atoms with E-state index in [9.17, 15) is 14.9 Å². The quantitative estimate of drug-likeness (QED) is 0.680. The predicted octanol–water partition coefficient (Wildman–Crippen LogP) is 2.18. The number of carbonyl (C=O) groups is 1. The Kier molecular flexibility index (Phi) is 3.61. The minimum atomic E-state index is -0.508. The molecule has 2 aliphatic rings. The number of nitro benzene ring substituents is 1. The van der Waals surface area contributed by atoms with E-state index in [-0.39, 0.29) is 23.7 Å². The van der Waals surface area contributed by atoms with Gasteiger partial charge in [0, 0.05) is 18.3 Å². The first-order valence-electron chi connectivity index (χ1n) is 6.36. The zero-order valence-electron chi connectivity index (χ0n) is 11.0. The van der Waals surface area contributed by atoms with Gasteiger partial charge in [0.05, 0.1) is 17.9 Å². The molecule has 2 heterocycles. The van der Waals surface area contributed by atoms with Crippen LogP contribution < -0.4 is 5.32 Å². The van der Waals surface area contributed by atoms with Gasteiger partial charge in [0.25, 0.3) is 5.69 Å². The van der Waals surface area contributed by atoms with E-state index in [1.165, 1.54) is 23.9 Å². The SMILES string of the molecule is O=C(CC1=CSC2=NCCN12)Nc1ccccc1[N+](=O)[O-]. The largest absolute Gasteiger partial charge is 0.322 e. The number of fused-ring (bicyclic) bond motifs is 1. The number of para-hydroxylation sites is 2. The van der Waals surface area contributed by atoms with Crippen LogP contribution in [0.2, 0.25) is 0 Å². The molecular formula is C13H12N4O3S. The Morgan fingerprint density at radius 2 is 2.29 bits per heavy atom. The highest BCUT2D eigenvalue weighted by molar-refractivity contribution is 8.16. The number of carbonyl (C=O) groups excluding carboxylic acids is 1. The van der Waals surface area contributed by atoms with Gasteiger partial charge >= 0.3 is 0 Å². The van der Waals surface area contributed by atoms with Gasteiger partial charge in [-0.15, -0.1) is 0 Å². The van der Waals surface area contributed by atoms with Crippen molar-refractivity contribution in [2.45, 2.75) is 6.42 Å². The molecule has 21 heavy (non-hydrogen) atoms. The monoisotopic (exact) mass is 304 g/mol. The molecule has 0 saturated carbocycles.